The summed E-state index contributed by atoms with van der Waals surface area (Å²) < 4.78 is 10.8. The van der Waals surface area contributed by atoms with Crippen LogP contribution in [0.1, 0.15) is 35.8 Å². The Bertz CT molecular complexity index is 1340. The summed E-state index contributed by atoms with van der Waals surface area (Å²) in [6.45, 7) is -0.388. The van der Waals surface area contributed by atoms with Crippen LogP contribution in [0.5, 0.6) is 0 Å². The second kappa shape index (κ2) is 9.57. The van der Waals surface area contributed by atoms with Crippen molar-refractivity contribution in [2.75, 3.05) is 6.61 Å². The normalized spacial score (nSPS) is 15.5. The number of aromatic nitrogens is 1. The number of furan rings is 1. The number of aromatic amines is 1. The maximum absolute atomic E-state index is 13.0. The Balaban J connectivity index is 1.23. The Morgan fingerprint density at radius 1 is 1.12 bits per heavy atom. The lowest BCUT2D eigenvalue weighted by atomic mass is 10.0. The molecule has 2 aromatic carbocycles. The quantitative estimate of drug-likeness (QED) is 0.369. The maximum atomic E-state index is 13.0. The zero-order valence-corrected chi connectivity index (χ0v) is 19.0. The molecule has 172 valence electrons. The van der Waals surface area contributed by atoms with Crippen LogP contribution in [0, 0.1) is 0 Å². The number of carbonyl (C=O) groups is 2. The molecule has 0 unspecified atom stereocenters. The largest absolute Gasteiger partial charge is 0.467 e. The number of carbonyl (C=O) groups excluding carboxylic acids is 2. The molecule has 5 rings (SSSR count). The van der Waals surface area contributed by atoms with Crippen molar-refractivity contribution in [3.63, 3.8) is 0 Å². The summed E-state index contributed by atoms with van der Waals surface area (Å²) in [6.07, 6.45) is 4.64. The van der Waals surface area contributed by atoms with Crippen molar-refractivity contribution in [1.29, 1.82) is 0 Å². The monoisotopic (exact) mass is 475 g/mol. The van der Waals surface area contributed by atoms with E-state index < -0.39 is 17.9 Å². The van der Waals surface area contributed by atoms with Gasteiger partial charge in [-0.2, -0.15) is 5.10 Å². The van der Waals surface area contributed by atoms with Gasteiger partial charge in [0, 0.05) is 35.0 Å². The summed E-state index contributed by atoms with van der Waals surface area (Å²) in [5.41, 5.74) is 3.66. The lowest BCUT2D eigenvalue weighted by Gasteiger charge is -2.19. The van der Waals surface area contributed by atoms with Crippen molar-refractivity contribution in [3.8, 4) is 0 Å². The number of nitrogens with zero attached hydrogens (tertiary/aromatic N) is 2. The van der Waals surface area contributed by atoms with Crippen molar-refractivity contribution >= 4 is 40.1 Å². The number of amides is 1. The van der Waals surface area contributed by atoms with E-state index in [4.69, 9.17) is 20.8 Å². The summed E-state index contributed by atoms with van der Waals surface area (Å²) in [5.74, 6) is -0.230. The highest BCUT2D eigenvalue weighted by Gasteiger charge is 2.35. The van der Waals surface area contributed by atoms with E-state index in [1.165, 1.54) is 5.01 Å². The highest BCUT2D eigenvalue weighted by Crippen LogP contribution is 2.33. The van der Waals surface area contributed by atoms with Gasteiger partial charge >= 0.3 is 5.97 Å². The molecule has 0 aliphatic carbocycles. The molecule has 3 heterocycles. The number of aryl methyl sites for hydroxylation is 1. The number of hydrogen-bond acceptors (Lipinski definition) is 5. The van der Waals surface area contributed by atoms with Gasteiger partial charge in [-0.15, -0.1) is 0 Å². The molecular weight excluding hydrogens is 454 g/mol. The highest BCUT2D eigenvalue weighted by molar-refractivity contribution is 6.30. The lowest BCUT2D eigenvalue weighted by molar-refractivity contribution is -0.152. The zero-order valence-electron chi connectivity index (χ0n) is 18.2. The van der Waals surface area contributed by atoms with Crippen molar-refractivity contribution in [1.82, 2.24) is 9.99 Å². The number of halogens is 1. The van der Waals surface area contributed by atoms with Gasteiger partial charge in [-0.1, -0.05) is 41.9 Å². The zero-order chi connectivity index (χ0) is 23.5. The molecule has 0 radical (unpaired) electrons. The highest BCUT2D eigenvalue weighted by atomic mass is 35.5. The molecule has 1 aliphatic rings. The second-order valence-electron chi connectivity index (χ2n) is 8.05. The van der Waals surface area contributed by atoms with E-state index in [1.807, 2.05) is 42.6 Å². The van der Waals surface area contributed by atoms with E-state index in [0.29, 0.717) is 23.6 Å². The molecule has 34 heavy (non-hydrogen) atoms. The van der Waals surface area contributed by atoms with Crippen LogP contribution in [0.15, 0.2) is 82.6 Å². The number of benzene rings is 2. The Morgan fingerprint density at radius 2 is 1.94 bits per heavy atom. The minimum absolute atomic E-state index is 0.177. The van der Waals surface area contributed by atoms with Crippen molar-refractivity contribution in [2.45, 2.75) is 25.3 Å². The molecule has 8 heteroatoms. The Kier molecular flexibility index (Phi) is 6.18. The predicted molar refractivity (Wildman–Crippen MR) is 128 cm³/mol. The first kappa shape index (κ1) is 22.0. The number of hydrogen-bond donors (Lipinski definition) is 1. The van der Waals surface area contributed by atoms with Crippen LogP contribution in [0.2, 0.25) is 5.02 Å². The van der Waals surface area contributed by atoms with E-state index in [2.05, 4.69) is 10.1 Å². The summed E-state index contributed by atoms with van der Waals surface area (Å²) >= 11 is 6.00. The van der Waals surface area contributed by atoms with E-state index in [-0.39, 0.29) is 13.0 Å². The van der Waals surface area contributed by atoms with Gasteiger partial charge in [-0.05, 0) is 47.9 Å². The number of H-pyrrole nitrogens is 1. The number of para-hydroxylation sites is 1. The smallest absolute Gasteiger partial charge is 0.306 e. The van der Waals surface area contributed by atoms with Crippen molar-refractivity contribution in [3.05, 3.63) is 95.0 Å². The van der Waals surface area contributed by atoms with Crippen LogP contribution in [0.25, 0.3) is 10.9 Å². The average molecular weight is 476 g/mol. The predicted octanol–water partition coefficient (Wildman–Crippen LogP) is 5.27. The van der Waals surface area contributed by atoms with Gasteiger partial charge in [0.15, 0.2) is 6.61 Å². The lowest BCUT2D eigenvalue weighted by Crippen LogP contribution is -2.31. The summed E-state index contributed by atoms with van der Waals surface area (Å²) in [7, 11) is 0. The van der Waals surface area contributed by atoms with Crippen LogP contribution < -0.4 is 0 Å². The van der Waals surface area contributed by atoms with Gasteiger partial charge in [0.1, 0.15) is 11.8 Å². The Labute approximate surface area is 201 Å². The molecule has 2 aromatic heterocycles. The third kappa shape index (κ3) is 4.61. The fourth-order valence-electron chi connectivity index (χ4n) is 4.12. The SMILES string of the molecule is O=C(CCc1c[nH]c2ccccc12)OCC(=O)N1N=C(c2ccc(Cl)cc2)C[C@@H]1c1ccco1. The molecule has 0 saturated carbocycles. The second-order valence-corrected chi connectivity index (χ2v) is 8.48. The van der Waals surface area contributed by atoms with E-state index in [9.17, 15) is 9.59 Å². The molecular formula is C26H22ClN3O4. The number of esters is 1. The van der Waals surface area contributed by atoms with Crippen molar-refractivity contribution in [2.24, 2.45) is 5.10 Å². The van der Waals surface area contributed by atoms with Crippen LogP contribution in [-0.2, 0) is 20.7 Å². The molecule has 1 amide bonds. The number of nitrogens with one attached hydrogen (secondary N) is 1. The first-order valence-electron chi connectivity index (χ1n) is 11.0. The molecule has 0 bridgehead atoms. The van der Waals surface area contributed by atoms with Gasteiger partial charge in [0.2, 0.25) is 0 Å². The molecule has 0 fully saturated rings. The first-order valence-corrected chi connectivity index (χ1v) is 11.4. The molecule has 1 aliphatic heterocycles. The van der Waals surface area contributed by atoms with Crippen LogP contribution >= 0.6 is 11.6 Å². The van der Waals surface area contributed by atoms with Gasteiger partial charge in [0.25, 0.3) is 5.91 Å². The Hall–Kier alpha value is -3.84. The minimum Gasteiger partial charge on any atom is -0.467 e. The molecule has 1 N–H and O–H groups in total. The Morgan fingerprint density at radius 3 is 2.74 bits per heavy atom. The molecule has 7 nitrogen and oxygen atoms in total. The average Bonchev–Trinajstić information content (AvgIpc) is 3.61. The van der Waals surface area contributed by atoms with Crippen LogP contribution in [0.3, 0.4) is 0 Å². The first-order chi connectivity index (χ1) is 16.6. The fraction of sp³-hybridized carbons (Fsp3) is 0.192. The molecule has 1 atom stereocenters. The molecule has 4 aromatic rings. The standard InChI is InChI=1S/C26H22ClN3O4/c27-19-10-7-17(8-11-19)22-14-23(24-6-3-13-33-24)30(29-22)25(31)16-34-26(32)12-9-18-15-28-21-5-2-1-4-20(18)21/h1-8,10-11,13,15,23,28H,9,12,14,16H2/t23-/m1/s1. The van der Waals surface area contributed by atoms with Crippen molar-refractivity contribution < 1.29 is 18.7 Å². The third-order valence-corrected chi connectivity index (χ3v) is 6.10. The van der Waals surface area contributed by atoms with Gasteiger partial charge in [-0.3, -0.25) is 9.59 Å². The topological polar surface area (TPSA) is 87.9 Å². The van der Waals surface area contributed by atoms with E-state index >= 15 is 0 Å². The number of fused-ring (bicyclic) bond motifs is 1. The summed E-state index contributed by atoms with van der Waals surface area (Å²) in [6, 6.07) is 18.4. The fourth-order valence-corrected chi connectivity index (χ4v) is 4.24. The van der Waals surface area contributed by atoms with Crippen LogP contribution in [0.4, 0.5) is 0 Å². The summed E-state index contributed by atoms with van der Waals surface area (Å²) in [4.78, 5) is 28.5. The third-order valence-electron chi connectivity index (χ3n) is 5.84. The van der Waals surface area contributed by atoms with E-state index in [1.54, 1.807) is 30.5 Å². The molecule has 0 spiro atoms. The van der Waals surface area contributed by atoms with E-state index in [0.717, 1.165) is 27.7 Å². The number of hydrazone groups is 1. The number of rotatable bonds is 7. The summed E-state index contributed by atoms with van der Waals surface area (Å²) in [5, 5.41) is 7.57. The van der Waals surface area contributed by atoms with Gasteiger partial charge < -0.3 is 14.1 Å². The van der Waals surface area contributed by atoms with Crippen LogP contribution in [-0.4, -0.2) is 34.2 Å². The maximum Gasteiger partial charge on any atom is 0.306 e. The van der Waals surface area contributed by atoms with Gasteiger partial charge in [-0.25, -0.2) is 5.01 Å². The van der Waals surface area contributed by atoms with Gasteiger partial charge in [0.05, 0.1) is 12.0 Å². The number of ether oxygens (including phenoxy) is 1. The minimum atomic E-state index is -0.436. The molecule has 0 saturated heterocycles.